The molecule has 0 amide bonds. The lowest BCUT2D eigenvalue weighted by molar-refractivity contribution is 0.590. The van der Waals surface area contributed by atoms with E-state index in [0.717, 1.165) is 6.54 Å². The maximum Gasteiger partial charge on any atom is 0.209 e. The Kier molecular flexibility index (Phi) is 4.31. The Morgan fingerprint density at radius 1 is 1.53 bits per heavy atom. The third-order valence-corrected chi connectivity index (χ3v) is 2.86. The summed E-state index contributed by atoms with van der Waals surface area (Å²) >= 11 is 0. The summed E-state index contributed by atoms with van der Waals surface area (Å²) in [4.78, 5) is 0. The van der Waals surface area contributed by atoms with Crippen molar-refractivity contribution >= 4 is 10.0 Å². The standard InChI is InChI=1S/C9H17N3O2S/c1-12-5-3-9(8-12)7-11-4-2-6-15(10,13)14/h3,5,8,11H,2,4,6-7H2,1H3,(H2,10,13,14). The molecule has 1 rings (SSSR count). The van der Waals surface area contributed by atoms with E-state index in [0.29, 0.717) is 13.0 Å². The highest BCUT2D eigenvalue weighted by Gasteiger charge is 2.01. The molecule has 0 aromatic carbocycles. The van der Waals surface area contributed by atoms with Gasteiger partial charge in [-0.25, -0.2) is 13.6 Å². The van der Waals surface area contributed by atoms with E-state index in [1.807, 2.05) is 30.1 Å². The molecule has 0 spiro atoms. The van der Waals surface area contributed by atoms with Gasteiger partial charge in [0.1, 0.15) is 0 Å². The van der Waals surface area contributed by atoms with Crippen molar-refractivity contribution in [1.29, 1.82) is 0 Å². The van der Waals surface area contributed by atoms with Crippen molar-refractivity contribution in [3.63, 3.8) is 0 Å². The van der Waals surface area contributed by atoms with E-state index in [2.05, 4.69) is 5.32 Å². The summed E-state index contributed by atoms with van der Waals surface area (Å²) < 4.78 is 23.2. The van der Waals surface area contributed by atoms with E-state index in [1.54, 1.807) is 0 Å². The van der Waals surface area contributed by atoms with Crippen molar-refractivity contribution in [1.82, 2.24) is 9.88 Å². The predicted octanol–water partition coefficient (Wildman–Crippen LogP) is -0.207. The van der Waals surface area contributed by atoms with Gasteiger partial charge in [0.05, 0.1) is 5.75 Å². The van der Waals surface area contributed by atoms with Crippen LogP contribution in [0.2, 0.25) is 0 Å². The van der Waals surface area contributed by atoms with E-state index in [4.69, 9.17) is 5.14 Å². The third-order valence-electron chi connectivity index (χ3n) is 2.00. The summed E-state index contributed by atoms with van der Waals surface area (Å²) in [6.45, 7) is 1.41. The van der Waals surface area contributed by atoms with Crippen LogP contribution in [0, 0.1) is 0 Å². The lowest BCUT2D eigenvalue weighted by Gasteiger charge is -2.02. The fraction of sp³-hybridized carbons (Fsp3) is 0.556. The molecule has 5 nitrogen and oxygen atoms in total. The molecule has 1 aromatic heterocycles. The molecule has 0 aliphatic carbocycles. The molecule has 15 heavy (non-hydrogen) atoms. The molecule has 0 saturated heterocycles. The van der Waals surface area contributed by atoms with Gasteiger partial charge in [-0.2, -0.15) is 0 Å². The minimum absolute atomic E-state index is 0.0365. The van der Waals surface area contributed by atoms with Crippen LogP contribution in [0.4, 0.5) is 0 Å². The van der Waals surface area contributed by atoms with Crippen LogP contribution in [0.15, 0.2) is 18.5 Å². The Hall–Kier alpha value is -0.850. The van der Waals surface area contributed by atoms with Crippen LogP contribution in [-0.4, -0.2) is 25.3 Å². The van der Waals surface area contributed by atoms with E-state index >= 15 is 0 Å². The first-order valence-corrected chi connectivity index (χ1v) is 6.51. The fourth-order valence-corrected chi connectivity index (χ4v) is 1.84. The monoisotopic (exact) mass is 231 g/mol. The highest BCUT2D eigenvalue weighted by atomic mass is 32.2. The lowest BCUT2D eigenvalue weighted by Crippen LogP contribution is -2.21. The smallest absolute Gasteiger partial charge is 0.209 e. The van der Waals surface area contributed by atoms with Gasteiger partial charge in [0.2, 0.25) is 10.0 Å². The zero-order valence-electron chi connectivity index (χ0n) is 8.81. The quantitative estimate of drug-likeness (QED) is 0.665. The molecule has 0 bridgehead atoms. The predicted molar refractivity (Wildman–Crippen MR) is 59.7 cm³/mol. The molecule has 6 heteroatoms. The Morgan fingerprint density at radius 2 is 2.27 bits per heavy atom. The molecule has 1 heterocycles. The third kappa shape index (κ3) is 5.56. The van der Waals surface area contributed by atoms with Gasteiger partial charge < -0.3 is 9.88 Å². The number of primary sulfonamides is 1. The van der Waals surface area contributed by atoms with Crippen LogP contribution in [0.25, 0.3) is 0 Å². The maximum atomic E-state index is 10.6. The van der Waals surface area contributed by atoms with E-state index in [-0.39, 0.29) is 5.75 Å². The number of aryl methyl sites for hydroxylation is 1. The van der Waals surface area contributed by atoms with Gasteiger partial charge in [0.15, 0.2) is 0 Å². The summed E-state index contributed by atoms with van der Waals surface area (Å²) in [6, 6.07) is 2.02. The Labute approximate surface area is 90.3 Å². The topological polar surface area (TPSA) is 77.1 Å². The molecule has 0 fully saturated rings. The molecular weight excluding hydrogens is 214 g/mol. The van der Waals surface area contributed by atoms with Crippen molar-refractivity contribution in [3.05, 3.63) is 24.0 Å². The van der Waals surface area contributed by atoms with E-state index < -0.39 is 10.0 Å². The van der Waals surface area contributed by atoms with Gasteiger partial charge >= 0.3 is 0 Å². The van der Waals surface area contributed by atoms with Crippen LogP contribution in [0.3, 0.4) is 0 Å². The number of hydrogen-bond acceptors (Lipinski definition) is 3. The molecule has 0 atom stereocenters. The van der Waals surface area contributed by atoms with Crippen LogP contribution in [-0.2, 0) is 23.6 Å². The summed E-state index contributed by atoms with van der Waals surface area (Å²) in [5.74, 6) is 0.0365. The van der Waals surface area contributed by atoms with Crippen LogP contribution in [0.1, 0.15) is 12.0 Å². The minimum Gasteiger partial charge on any atom is -0.357 e. The highest BCUT2D eigenvalue weighted by molar-refractivity contribution is 7.89. The maximum absolute atomic E-state index is 10.6. The first-order chi connectivity index (χ1) is 6.97. The fourth-order valence-electron chi connectivity index (χ4n) is 1.30. The second-order valence-corrected chi connectivity index (χ2v) is 5.32. The number of sulfonamides is 1. The number of nitrogens with zero attached hydrogens (tertiary/aromatic N) is 1. The second-order valence-electron chi connectivity index (χ2n) is 3.58. The normalized spacial score (nSPS) is 11.9. The summed E-state index contributed by atoms with van der Waals surface area (Å²) in [6.07, 6.45) is 4.54. The average Bonchev–Trinajstić information content (AvgIpc) is 2.49. The molecule has 0 unspecified atom stereocenters. The molecule has 0 radical (unpaired) electrons. The zero-order chi connectivity index (χ0) is 11.3. The van der Waals surface area contributed by atoms with Crippen LogP contribution >= 0.6 is 0 Å². The van der Waals surface area contributed by atoms with Crippen molar-refractivity contribution < 1.29 is 8.42 Å². The highest BCUT2D eigenvalue weighted by Crippen LogP contribution is 1.98. The largest absolute Gasteiger partial charge is 0.357 e. The second kappa shape index (κ2) is 5.29. The Balaban J connectivity index is 2.12. The minimum atomic E-state index is -3.31. The summed E-state index contributed by atoms with van der Waals surface area (Å²) in [5, 5.41) is 8.03. The van der Waals surface area contributed by atoms with Gasteiger partial charge in [-0.3, -0.25) is 0 Å². The molecule has 0 saturated carbocycles. The van der Waals surface area contributed by atoms with Crippen LogP contribution in [0.5, 0.6) is 0 Å². The first-order valence-electron chi connectivity index (χ1n) is 4.79. The van der Waals surface area contributed by atoms with E-state index in [9.17, 15) is 8.42 Å². The lowest BCUT2D eigenvalue weighted by atomic mass is 10.3. The van der Waals surface area contributed by atoms with Gasteiger partial charge in [0, 0.05) is 26.0 Å². The SMILES string of the molecule is Cn1ccc(CNCCCS(N)(=O)=O)c1. The van der Waals surface area contributed by atoms with Gasteiger partial charge in [-0.05, 0) is 24.6 Å². The van der Waals surface area contributed by atoms with Crippen molar-refractivity contribution in [3.8, 4) is 0 Å². The van der Waals surface area contributed by atoms with E-state index in [1.165, 1.54) is 5.56 Å². The number of hydrogen-bond donors (Lipinski definition) is 2. The Bertz CT molecular complexity index is 397. The van der Waals surface area contributed by atoms with Crippen LogP contribution < -0.4 is 10.5 Å². The molecule has 0 aliphatic heterocycles. The number of nitrogens with two attached hydrogens (primary N) is 1. The zero-order valence-corrected chi connectivity index (χ0v) is 9.63. The van der Waals surface area contributed by atoms with Crippen molar-refractivity contribution in [2.75, 3.05) is 12.3 Å². The number of rotatable bonds is 6. The van der Waals surface area contributed by atoms with Gasteiger partial charge in [-0.15, -0.1) is 0 Å². The van der Waals surface area contributed by atoms with Gasteiger partial charge in [-0.1, -0.05) is 0 Å². The average molecular weight is 231 g/mol. The molecule has 86 valence electrons. The molecule has 1 aromatic rings. The number of nitrogens with one attached hydrogen (secondary N) is 1. The van der Waals surface area contributed by atoms with Crippen molar-refractivity contribution in [2.45, 2.75) is 13.0 Å². The molecular formula is C9H17N3O2S. The van der Waals surface area contributed by atoms with Crippen molar-refractivity contribution in [2.24, 2.45) is 12.2 Å². The number of aromatic nitrogens is 1. The first kappa shape index (κ1) is 12.2. The summed E-state index contributed by atoms with van der Waals surface area (Å²) in [7, 11) is -1.35. The molecule has 3 N–H and O–H groups in total. The Morgan fingerprint density at radius 3 is 2.80 bits per heavy atom. The van der Waals surface area contributed by atoms with Gasteiger partial charge in [0.25, 0.3) is 0 Å². The molecule has 0 aliphatic rings. The summed E-state index contributed by atoms with van der Waals surface area (Å²) in [5.41, 5.74) is 1.19.